The molecule has 2 unspecified atom stereocenters. The Morgan fingerprint density at radius 2 is 2.25 bits per heavy atom. The van der Waals surface area contributed by atoms with Gasteiger partial charge >= 0.3 is 0 Å². The van der Waals surface area contributed by atoms with Crippen molar-refractivity contribution in [3.8, 4) is 0 Å². The van der Waals surface area contributed by atoms with Gasteiger partial charge in [0.15, 0.2) is 0 Å². The van der Waals surface area contributed by atoms with Crippen LogP contribution in [0.25, 0.3) is 0 Å². The van der Waals surface area contributed by atoms with Crippen LogP contribution in [-0.4, -0.2) is 22.7 Å². The zero-order valence-electron chi connectivity index (χ0n) is 9.19. The number of aliphatic hydroxyl groups excluding tert-OH is 1. The number of rotatable bonds is 2. The summed E-state index contributed by atoms with van der Waals surface area (Å²) < 4.78 is 0.942. The SMILES string of the molecule is OC(c1ccc(Br)cn1)C1CCCCCN1. The fourth-order valence-electron chi connectivity index (χ4n) is 2.09. The maximum absolute atomic E-state index is 10.2. The first-order chi connectivity index (χ1) is 7.77. The summed E-state index contributed by atoms with van der Waals surface area (Å²) in [5.74, 6) is 0. The Bertz CT molecular complexity index is 320. The monoisotopic (exact) mass is 284 g/mol. The Morgan fingerprint density at radius 1 is 1.38 bits per heavy atom. The van der Waals surface area contributed by atoms with Crippen LogP contribution in [0.15, 0.2) is 22.8 Å². The van der Waals surface area contributed by atoms with Crippen molar-refractivity contribution in [2.45, 2.75) is 37.8 Å². The maximum Gasteiger partial charge on any atom is 0.111 e. The summed E-state index contributed by atoms with van der Waals surface area (Å²) in [6.45, 7) is 0.998. The van der Waals surface area contributed by atoms with Gasteiger partial charge in [-0.15, -0.1) is 0 Å². The van der Waals surface area contributed by atoms with Crippen molar-refractivity contribution in [1.29, 1.82) is 0 Å². The van der Waals surface area contributed by atoms with Gasteiger partial charge in [0.25, 0.3) is 0 Å². The van der Waals surface area contributed by atoms with Crippen LogP contribution in [0.3, 0.4) is 0 Å². The van der Waals surface area contributed by atoms with E-state index < -0.39 is 6.10 Å². The summed E-state index contributed by atoms with van der Waals surface area (Å²) >= 11 is 3.34. The predicted octanol–water partition coefficient (Wildman–Crippen LogP) is 2.41. The molecular weight excluding hydrogens is 268 g/mol. The third kappa shape index (κ3) is 3.03. The topological polar surface area (TPSA) is 45.2 Å². The first kappa shape index (κ1) is 12.0. The highest BCUT2D eigenvalue weighted by Crippen LogP contribution is 2.22. The Hall–Kier alpha value is -0.450. The molecular formula is C12H17BrN2O. The summed E-state index contributed by atoms with van der Waals surface area (Å²) in [5.41, 5.74) is 0.752. The molecule has 3 nitrogen and oxygen atoms in total. The van der Waals surface area contributed by atoms with Crippen LogP contribution in [0.1, 0.15) is 37.5 Å². The molecule has 2 atom stereocenters. The van der Waals surface area contributed by atoms with Gasteiger partial charge in [-0.1, -0.05) is 12.8 Å². The first-order valence-corrected chi connectivity index (χ1v) is 6.59. The molecule has 0 aliphatic carbocycles. The van der Waals surface area contributed by atoms with Crippen molar-refractivity contribution in [3.63, 3.8) is 0 Å². The van der Waals surface area contributed by atoms with Crippen molar-refractivity contribution in [2.24, 2.45) is 0 Å². The van der Waals surface area contributed by atoms with E-state index in [2.05, 4.69) is 26.2 Å². The highest BCUT2D eigenvalue weighted by Gasteiger charge is 2.22. The first-order valence-electron chi connectivity index (χ1n) is 5.80. The number of halogens is 1. The van der Waals surface area contributed by atoms with Gasteiger partial charge in [-0.2, -0.15) is 0 Å². The largest absolute Gasteiger partial charge is 0.385 e. The molecule has 0 bridgehead atoms. The van der Waals surface area contributed by atoms with Crippen LogP contribution in [0.5, 0.6) is 0 Å². The summed E-state index contributed by atoms with van der Waals surface area (Å²) in [6.07, 6.45) is 5.91. The maximum atomic E-state index is 10.2. The van der Waals surface area contributed by atoms with Gasteiger partial charge < -0.3 is 10.4 Å². The lowest BCUT2D eigenvalue weighted by Crippen LogP contribution is -2.34. The van der Waals surface area contributed by atoms with E-state index in [0.29, 0.717) is 0 Å². The molecule has 2 heterocycles. The minimum atomic E-state index is -0.494. The molecule has 1 aromatic rings. The van der Waals surface area contributed by atoms with Crippen LogP contribution < -0.4 is 5.32 Å². The number of nitrogens with zero attached hydrogens (tertiary/aromatic N) is 1. The van der Waals surface area contributed by atoms with Gasteiger partial charge in [0.1, 0.15) is 6.10 Å². The molecule has 1 aliphatic rings. The van der Waals surface area contributed by atoms with Gasteiger partial charge in [-0.3, -0.25) is 4.98 Å². The van der Waals surface area contributed by atoms with Crippen LogP contribution in [-0.2, 0) is 0 Å². The summed E-state index contributed by atoms with van der Waals surface area (Å²) in [5, 5.41) is 13.6. The molecule has 0 radical (unpaired) electrons. The summed E-state index contributed by atoms with van der Waals surface area (Å²) in [6, 6.07) is 3.94. The highest BCUT2D eigenvalue weighted by atomic mass is 79.9. The van der Waals surface area contributed by atoms with Crippen LogP contribution in [0.4, 0.5) is 0 Å². The van der Waals surface area contributed by atoms with E-state index in [0.717, 1.165) is 23.1 Å². The minimum Gasteiger partial charge on any atom is -0.385 e. The number of aliphatic hydroxyl groups is 1. The van der Waals surface area contributed by atoms with Gasteiger partial charge in [0.2, 0.25) is 0 Å². The van der Waals surface area contributed by atoms with Gasteiger partial charge in [0, 0.05) is 16.7 Å². The van der Waals surface area contributed by atoms with Crippen LogP contribution in [0, 0.1) is 0 Å². The summed E-state index contributed by atoms with van der Waals surface area (Å²) in [4.78, 5) is 4.25. The fraction of sp³-hybridized carbons (Fsp3) is 0.583. The average molecular weight is 285 g/mol. The second-order valence-electron chi connectivity index (χ2n) is 4.26. The molecule has 1 aliphatic heterocycles. The normalized spacial score (nSPS) is 23.8. The van der Waals surface area contributed by atoms with Gasteiger partial charge in [-0.25, -0.2) is 0 Å². The molecule has 2 rings (SSSR count). The number of hydrogen-bond acceptors (Lipinski definition) is 3. The lowest BCUT2D eigenvalue weighted by Gasteiger charge is -2.21. The second-order valence-corrected chi connectivity index (χ2v) is 5.17. The zero-order chi connectivity index (χ0) is 11.4. The quantitative estimate of drug-likeness (QED) is 0.877. The van der Waals surface area contributed by atoms with Crippen molar-refractivity contribution < 1.29 is 5.11 Å². The second kappa shape index (κ2) is 5.75. The van der Waals surface area contributed by atoms with Crippen molar-refractivity contribution in [1.82, 2.24) is 10.3 Å². The van der Waals surface area contributed by atoms with Crippen molar-refractivity contribution in [3.05, 3.63) is 28.5 Å². The molecule has 16 heavy (non-hydrogen) atoms. The third-order valence-corrected chi connectivity index (χ3v) is 3.50. The van der Waals surface area contributed by atoms with Gasteiger partial charge in [-0.05, 0) is 47.4 Å². The Kier molecular flexibility index (Phi) is 4.32. The fourth-order valence-corrected chi connectivity index (χ4v) is 2.33. The van der Waals surface area contributed by atoms with Crippen LogP contribution >= 0.6 is 15.9 Å². The molecule has 4 heteroatoms. The van der Waals surface area contributed by atoms with E-state index in [1.165, 1.54) is 19.3 Å². The average Bonchev–Trinajstić information content (AvgIpc) is 2.57. The van der Waals surface area contributed by atoms with E-state index in [9.17, 15) is 5.11 Å². The number of pyridine rings is 1. The Labute approximate surface area is 104 Å². The minimum absolute atomic E-state index is 0.149. The number of nitrogens with one attached hydrogen (secondary N) is 1. The molecule has 0 amide bonds. The lowest BCUT2D eigenvalue weighted by molar-refractivity contribution is 0.122. The lowest BCUT2D eigenvalue weighted by atomic mass is 10.0. The third-order valence-electron chi connectivity index (χ3n) is 3.03. The van der Waals surface area contributed by atoms with E-state index >= 15 is 0 Å². The smallest absolute Gasteiger partial charge is 0.111 e. The molecule has 88 valence electrons. The molecule has 2 N–H and O–H groups in total. The molecule has 0 saturated carbocycles. The zero-order valence-corrected chi connectivity index (χ0v) is 10.8. The van der Waals surface area contributed by atoms with E-state index in [1.807, 2.05) is 12.1 Å². The predicted molar refractivity (Wildman–Crippen MR) is 67.2 cm³/mol. The van der Waals surface area contributed by atoms with E-state index in [1.54, 1.807) is 6.20 Å². The van der Waals surface area contributed by atoms with Gasteiger partial charge in [0.05, 0.1) is 5.69 Å². The Morgan fingerprint density at radius 3 is 3.00 bits per heavy atom. The molecule has 0 aromatic carbocycles. The molecule has 0 spiro atoms. The standard InChI is InChI=1S/C12H17BrN2O/c13-9-5-6-11(15-8-9)12(16)10-4-2-1-3-7-14-10/h5-6,8,10,12,14,16H,1-4,7H2. The molecule has 1 aromatic heterocycles. The van der Waals surface area contributed by atoms with Crippen molar-refractivity contribution >= 4 is 15.9 Å². The molecule has 1 fully saturated rings. The number of hydrogen-bond donors (Lipinski definition) is 2. The highest BCUT2D eigenvalue weighted by molar-refractivity contribution is 9.10. The summed E-state index contributed by atoms with van der Waals surface area (Å²) in [7, 11) is 0. The van der Waals surface area contributed by atoms with E-state index in [-0.39, 0.29) is 6.04 Å². The molecule has 1 saturated heterocycles. The number of aromatic nitrogens is 1. The van der Waals surface area contributed by atoms with E-state index in [4.69, 9.17) is 0 Å². The Balaban J connectivity index is 2.04. The van der Waals surface area contributed by atoms with Crippen LogP contribution in [0.2, 0.25) is 0 Å². The van der Waals surface area contributed by atoms with Crippen molar-refractivity contribution in [2.75, 3.05) is 6.54 Å².